The number of primary amides is 1. The van der Waals surface area contributed by atoms with Crippen LogP contribution < -0.4 is 5.73 Å². The molecule has 1 aromatic carbocycles. The maximum absolute atomic E-state index is 11.7. The van der Waals surface area contributed by atoms with Gasteiger partial charge < -0.3 is 20.3 Å². The third-order valence-corrected chi connectivity index (χ3v) is 4.66. The van der Waals surface area contributed by atoms with Crippen molar-refractivity contribution in [2.75, 3.05) is 20.6 Å². The van der Waals surface area contributed by atoms with E-state index in [1.807, 2.05) is 32.1 Å². The van der Waals surface area contributed by atoms with Crippen LogP contribution in [0.3, 0.4) is 0 Å². The Morgan fingerprint density at radius 1 is 1.37 bits per heavy atom. The topological polar surface area (TPSA) is 114 Å². The number of hydrogen-bond acceptors (Lipinski definition) is 6. The lowest BCUT2D eigenvalue weighted by molar-refractivity contribution is -0.119. The van der Waals surface area contributed by atoms with E-state index in [1.165, 1.54) is 0 Å². The third-order valence-electron chi connectivity index (χ3n) is 4.66. The maximum atomic E-state index is 11.7. The van der Waals surface area contributed by atoms with Crippen LogP contribution in [-0.4, -0.2) is 63.0 Å². The molecular formula is C22H23N5O3. The van der Waals surface area contributed by atoms with E-state index in [0.717, 1.165) is 5.52 Å². The summed E-state index contributed by atoms with van der Waals surface area (Å²) < 4.78 is 1.78. The van der Waals surface area contributed by atoms with Gasteiger partial charge in [0.1, 0.15) is 11.2 Å². The third kappa shape index (κ3) is 4.54. The molecule has 30 heavy (non-hydrogen) atoms. The maximum Gasteiger partial charge on any atom is 0.267 e. The number of carbonyl (C=O) groups is 2. The van der Waals surface area contributed by atoms with E-state index >= 15 is 0 Å². The van der Waals surface area contributed by atoms with Gasteiger partial charge in [-0.3, -0.25) is 9.59 Å². The van der Waals surface area contributed by atoms with Crippen LogP contribution >= 0.6 is 0 Å². The van der Waals surface area contributed by atoms with Gasteiger partial charge in [-0.25, -0.2) is 9.97 Å². The average Bonchev–Trinajstić information content (AvgIpc) is 3.11. The first kappa shape index (κ1) is 21.2. The Labute approximate surface area is 174 Å². The van der Waals surface area contributed by atoms with Crippen molar-refractivity contribution >= 4 is 23.2 Å². The number of carbonyl (C=O) groups excluding carboxylic acids is 2. The summed E-state index contributed by atoms with van der Waals surface area (Å²) in [6.07, 6.45) is 2.30. The van der Waals surface area contributed by atoms with Gasteiger partial charge in [-0.05, 0) is 32.3 Å². The molecule has 8 nitrogen and oxygen atoms in total. The predicted molar refractivity (Wildman–Crippen MR) is 114 cm³/mol. The number of pyridine rings is 1. The molecule has 1 atom stereocenters. The van der Waals surface area contributed by atoms with Crippen LogP contribution in [0.1, 0.15) is 22.5 Å². The van der Waals surface area contributed by atoms with E-state index in [0.29, 0.717) is 35.2 Å². The van der Waals surface area contributed by atoms with Crippen LogP contribution in [0, 0.1) is 11.8 Å². The molecule has 0 bridgehead atoms. The number of nitrogens with two attached hydrogens (primary N) is 1. The second kappa shape index (κ2) is 8.45. The van der Waals surface area contributed by atoms with Crippen LogP contribution in [0.2, 0.25) is 0 Å². The average molecular weight is 405 g/mol. The summed E-state index contributed by atoms with van der Waals surface area (Å²) in [4.78, 5) is 33.7. The Morgan fingerprint density at radius 2 is 2.13 bits per heavy atom. The molecule has 2 heterocycles. The van der Waals surface area contributed by atoms with Gasteiger partial charge in [-0.1, -0.05) is 24.0 Å². The molecule has 3 aromatic rings. The largest absolute Gasteiger partial charge is 0.371 e. The first-order valence-electron chi connectivity index (χ1n) is 9.31. The number of benzene rings is 1. The van der Waals surface area contributed by atoms with E-state index in [-0.39, 0.29) is 12.1 Å². The Morgan fingerprint density at radius 3 is 2.80 bits per heavy atom. The normalized spacial score (nSPS) is 13.0. The number of aldehydes is 1. The summed E-state index contributed by atoms with van der Waals surface area (Å²) in [6, 6.07) is 8.75. The van der Waals surface area contributed by atoms with Crippen molar-refractivity contribution in [2.45, 2.75) is 12.0 Å². The first-order chi connectivity index (χ1) is 14.2. The summed E-state index contributed by atoms with van der Waals surface area (Å²) in [7, 11) is 5.53. The molecule has 0 saturated carbocycles. The fourth-order valence-corrected chi connectivity index (χ4v) is 2.92. The highest BCUT2D eigenvalue weighted by molar-refractivity contribution is 5.98. The number of aryl methyl sites for hydroxylation is 1. The number of fused-ring (bicyclic) bond motifs is 1. The zero-order valence-electron chi connectivity index (χ0n) is 17.1. The lowest BCUT2D eigenvalue weighted by atomic mass is 10.0. The molecule has 0 aliphatic rings. The quantitative estimate of drug-likeness (QED) is 0.467. The summed E-state index contributed by atoms with van der Waals surface area (Å²) in [5.74, 6) is 4.90. The smallest absolute Gasteiger partial charge is 0.267 e. The van der Waals surface area contributed by atoms with Crippen molar-refractivity contribution in [3.05, 3.63) is 47.9 Å². The van der Waals surface area contributed by atoms with E-state index in [4.69, 9.17) is 5.73 Å². The van der Waals surface area contributed by atoms with E-state index in [1.54, 1.807) is 35.2 Å². The lowest BCUT2D eigenvalue weighted by Gasteiger charge is -2.17. The minimum Gasteiger partial charge on any atom is -0.371 e. The van der Waals surface area contributed by atoms with Crippen LogP contribution in [-0.2, 0) is 11.8 Å². The van der Waals surface area contributed by atoms with E-state index in [2.05, 4.69) is 21.8 Å². The Hall–Kier alpha value is -3.54. The standard InChI is InChI=1S/C22H23N5O3/c1-26(2)10-9-22(30,13-28)8-7-15-5-4-6-16(11-15)19-20-18(27(3)14-24-20)12-17(25-19)21(23)29/h4-6,11-14,30H,9-10H2,1-3H3,(H2,23,29)/t22-/m0/s1. The minimum absolute atomic E-state index is 0.136. The van der Waals surface area contributed by atoms with Crippen LogP contribution in [0.4, 0.5) is 0 Å². The first-order valence-corrected chi connectivity index (χ1v) is 9.31. The number of rotatable bonds is 6. The highest BCUT2D eigenvalue weighted by Gasteiger charge is 2.23. The van der Waals surface area contributed by atoms with Gasteiger partial charge >= 0.3 is 0 Å². The molecule has 3 N–H and O–H groups in total. The number of aromatic nitrogens is 3. The van der Waals surface area contributed by atoms with Crippen molar-refractivity contribution in [2.24, 2.45) is 12.8 Å². The summed E-state index contributed by atoms with van der Waals surface area (Å²) >= 11 is 0. The monoisotopic (exact) mass is 405 g/mol. The van der Waals surface area contributed by atoms with Crippen molar-refractivity contribution in [1.29, 1.82) is 0 Å². The highest BCUT2D eigenvalue weighted by atomic mass is 16.3. The molecule has 8 heteroatoms. The van der Waals surface area contributed by atoms with Gasteiger partial charge in [-0.2, -0.15) is 0 Å². The van der Waals surface area contributed by atoms with Gasteiger partial charge in [0.2, 0.25) is 0 Å². The predicted octanol–water partition coefficient (Wildman–Crippen LogP) is 0.967. The van der Waals surface area contributed by atoms with Gasteiger partial charge in [0.25, 0.3) is 5.91 Å². The highest BCUT2D eigenvalue weighted by Crippen LogP contribution is 2.27. The second-order valence-corrected chi connectivity index (χ2v) is 7.37. The molecule has 3 rings (SSSR count). The molecule has 0 unspecified atom stereocenters. The zero-order valence-corrected chi connectivity index (χ0v) is 17.1. The van der Waals surface area contributed by atoms with E-state index in [9.17, 15) is 14.7 Å². The molecule has 0 aliphatic heterocycles. The van der Waals surface area contributed by atoms with Gasteiger partial charge in [0.05, 0.1) is 17.5 Å². The van der Waals surface area contributed by atoms with Crippen molar-refractivity contribution in [3.8, 4) is 23.1 Å². The van der Waals surface area contributed by atoms with Crippen LogP contribution in [0.25, 0.3) is 22.3 Å². The molecule has 0 aliphatic carbocycles. The second-order valence-electron chi connectivity index (χ2n) is 7.37. The molecule has 2 aromatic heterocycles. The van der Waals surface area contributed by atoms with Crippen molar-refractivity contribution in [1.82, 2.24) is 19.4 Å². The van der Waals surface area contributed by atoms with Gasteiger partial charge in [0.15, 0.2) is 11.9 Å². The van der Waals surface area contributed by atoms with Crippen LogP contribution in [0.5, 0.6) is 0 Å². The number of hydrogen-bond donors (Lipinski definition) is 2. The Bertz CT molecular complexity index is 1170. The Kier molecular flexibility index (Phi) is 5.96. The Balaban J connectivity index is 2.03. The van der Waals surface area contributed by atoms with E-state index < -0.39 is 11.5 Å². The SMILES string of the molecule is CN(C)CC[C@@](O)(C#Cc1cccc(-c2nc(C(N)=O)cc3c2ncn3C)c1)C=O. The molecule has 1 amide bonds. The van der Waals surface area contributed by atoms with Crippen LogP contribution in [0.15, 0.2) is 36.7 Å². The summed E-state index contributed by atoms with van der Waals surface area (Å²) in [5.41, 5.74) is 6.99. The van der Waals surface area contributed by atoms with Crippen molar-refractivity contribution in [3.63, 3.8) is 0 Å². The molecule has 154 valence electrons. The van der Waals surface area contributed by atoms with Gasteiger partial charge in [-0.15, -0.1) is 0 Å². The molecule has 0 fully saturated rings. The summed E-state index contributed by atoms with van der Waals surface area (Å²) in [5, 5.41) is 10.4. The lowest BCUT2D eigenvalue weighted by Crippen LogP contribution is -2.33. The number of nitrogens with zero attached hydrogens (tertiary/aromatic N) is 4. The fraction of sp³-hybridized carbons (Fsp3) is 0.273. The minimum atomic E-state index is -1.72. The number of imidazole rings is 1. The molecular weight excluding hydrogens is 382 g/mol. The number of aliphatic hydroxyl groups is 1. The molecule has 0 saturated heterocycles. The molecule has 0 spiro atoms. The zero-order chi connectivity index (χ0) is 21.9. The fourth-order valence-electron chi connectivity index (χ4n) is 2.92. The molecule has 0 radical (unpaired) electrons. The number of amides is 1. The summed E-state index contributed by atoms with van der Waals surface area (Å²) in [6.45, 7) is 0.519. The van der Waals surface area contributed by atoms with Gasteiger partial charge in [0, 0.05) is 31.1 Å². The van der Waals surface area contributed by atoms with Crippen molar-refractivity contribution < 1.29 is 14.7 Å².